The molecule has 1 unspecified atom stereocenters. The second kappa shape index (κ2) is 20.3. The van der Waals surface area contributed by atoms with E-state index < -0.39 is 30.2 Å². The Labute approximate surface area is 237 Å². The number of rotatable bonds is 23. The van der Waals surface area contributed by atoms with Crippen LogP contribution in [-0.2, 0) is 19.0 Å². The van der Waals surface area contributed by atoms with Crippen LogP contribution in [0.25, 0.3) is 0 Å². The van der Waals surface area contributed by atoms with E-state index in [2.05, 4.69) is 9.72 Å². The first-order valence-corrected chi connectivity index (χ1v) is 15.2. The van der Waals surface area contributed by atoms with Crippen molar-refractivity contribution in [3.05, 3.63) is 44.6 Å². The van der Waals surface area contributed by atoms with Gasteiger partial charge in [0.15, 0.2) is 17.6 Å². The molecule has 1 aliphatic rings. The van der Waals surface area contributed by atoms with Crippen LogP contribution in [0.1, 0.15) is 122 Å². The molecule has 10 nitrogen and oxygen atoms in total. The largest absolute Gasteiger partial charge is 0.506 e. The number of methoxy groups -OCH3 is 1. The number of carbonyl (C=O) groups excluding carboxylic acids is 1. The van der Waals surface area contributed by atoms with Crippen LogP contribution in [0, 0.1) is 0 Å². The van der Waals surface area contributed by atoms with Gasteiger partial charge in [-0.05, 0) is 12.8 Å². The van der Waals surface area contributed by atoms with E-state index in [0.717, 1.165) is 36.7 Å². The summed E-state index contributed by atoms with van der Waals surface area (Å²) in [5, 5.41) is 19.8. The summed E-state index contributed by atoms with van der Waals surface area (Å²) in [7, 11) is 1.45. The van der Waals surface area contributed by atoms with E-state index in [4.69, 9.17) is 9.47 Å². The molecule has 0 fully saturated rings. The summed E-state index contributed by atoms with van der Waals surface area (Å²) in [4.78, 5) is 36.7. The minimum Gasteiger partial charge on any atom is -0.506 e. The molecule has 2 heterocycles. The van der Waals surface area contributed by atoms with Crippen molar-refractivity contribution in [3.63, 3.8) is 0 Å². The molecule has 2 atom stereocenters. The number of ether oxygens (including phenoxy) is 3. The van der Waals surface area contributed by atoms with Gasteiger partial charge in [0, 0.05) is 25.3 Å². The smallest absolute Gasteiger partial charge is 0.331 e. The third-order valence-electron chi connectivity index (χ3n) is 7.40. The summed E-state index contributed by atoms with van der Waals surface area (Å²) in [6.45, 7) is -0.122. The number of H-pyrrole nitrogens is 1. The van der Waals surface area contributed by atoms with Gasteiger partial charge in [-0.25, -0.2) is 4.79 Å². The standard InChI is InChI=1S/C30H50N2O8/c1-38-26(35)19-17-15-13-11-9-7-5-3-2-4-6-8-10-12-14-16-18-22-39-28-27(36)24(23-33)40-29(28)32-21-20-25(34)31-30(32)37/h20-21,28-29,33,36H,2-19,22-23H2,1H3,(H,31,34,37)/t28?,29-/m1/s1. The molecule has 0 saturated heterocycles. The number of aromatic nitrogens is 2. The number of hydrogen-bond acceptors (Lipinski definition) is 8. The minimum atomic E-state index is -0.984. The Balaban J connectivity index is 1.42. The molecular weight excluding hydrogens is 516 g/mol. The first kappa shape index (κ1) is 33.6. The van der Waals surface area contributed by atoms with E-state index in [9.17, 15) is 24.6 Å². The molecule has 40 heavy (non-hydrogen) atoms. The van der Waals surface area contributed by atoms with Crippen LogP contribution in [0.5, 0.6) is 0 Å². The molecule has 2 rings (SSSR count). The second-order valence-electron chi connectivity index (χ2n) is 10.6. The highest BCUT2D eigenvalue weighted by Gasteiger charge is 2.39. The zero-order chi connectivity index (χ0) is 29.0. The zero-order valence-electron chi connectivity index (χ0n) is 24.2. The Morgan fingerprint density at radius 2 is 1.38 bits per heavy atom. The van der Waals surface area contributed by atoms with Gasteiger partial charge in [0.25, 0.3) is 5.56 Å². The Bertz CT molecular complexity index is 986. The number of nitrogens with one attached hydrogen (secondary N) is 1. The van der Waals surface area contributed by atoms with Gasteiger partial charge >= 0.3 is 11.7 Å². The van der Waals surface area contributed by atoms with Gasteiger partial charge in [0.05, 0.1) is 7.11 Å². The molecule has 0 radical (unpaired) electrons. The zero-order valence-corrected chi connectivity index (χ0v) is 24.2. The van der Waals surface area contributed by atoms with Gasteiger partial charge in [-0.15, -0.1) is 0 Å². The number of unbranched alkanes of at least 4 members (excludes halogenated alkanes) is 16. The number of aliphatic hydroxyl groups is 2. The van der Waals surface area contributed by atoms with E-state index in [-0.39, 0.29) is 17.5 Å². The summed E-state index contributed by atoms with van der Waals surface area (Å²) in [6, 6.07) is 1.19. The van der Waals surface area contributed by atoms with Crippen molar-refractivity contribution in [1.29, 1.82) is 0 Å². The molecule has 0 aliphatic carbocycles. The summed E-state index contributed by atoms with van der Waals surface area (Å²) in [6.07, 6.45) is 20.4. The van der Waals surface area contributed by atoms with E-state index >= 15 is 0 Å². The predicted octanol–water partition coefficient (Wildman–Crippen LogP) is 5.41. The van der Waals surface area contributed by atoms with Gasteiger partial charge in [-0.2, -0.15) is 0 Å². The van der Waals surface area contributed by atoms with Crippen molar-refractivity contribution in [1.82, 2.24) is 9.55 Å². The van der Waals surface area contributed by atoms with Crippen LogP contribution < -0.4 is 11.2 Å². The van der Waals surface area contributed by atoms with E-state index in [0.29, 0.717) is 13.0 Å². The van der Waals surface area contributed by atoms with Gasteiger partial charge in [-0.3, -0.25) is 19.1 Å². The van der Waals surface area contributed by atoms with E-state index in [1.165, 1.54) is 96.4 Å². The van der Waals surface area contributed by atoms with Crippen molar-refractivity contribution >= 4 is 5.97 Å². The molecule has 1 aliphatic heterocycles. The van der Waals surface area contributed by atoms with Crippen LogP contribution in [0.15, 0.2) is 33.4 Å². The summed E-state index contributed by atoms with van der Waals surface area (Å²) in [5.74, 6) is -0.361. The summed E-state index contributed by atoms with van der Waals surface area (Å²) < 4.78 is 17.2. The fourth-order valence-electron chi connectivity index (χ4n) is 5.01. The highest BCUT2D eigenvalue weighted by atomic mass is 16.6. The average Bonchev–Trinajstić information content (AvgIpc) is 3.26. The lowest BCUT2D eigenvalue weighted by Gasteiger charge is -2.21. The lowest BCUT2D eigenvalue weighted by Crippen LogP contribution is -2.37. The first-order chi connectivity index (χ1) is 19.5. The SMILES string of the molecule is COC(=O)CCCCCCCCCCCCCCCCCCCOC1C(O)=C(CO)O[C@H]1n1ccc(=O)[nH]c1=O. The van der Waals surface area contributed by atoms with Crippen LogP contribution in [-0.4, -0.2) is 52.2 Å². The fourth-order valence-corrected chi connectivity index (χ4v) is 5.01. The third kappa shape index (κ3) is 12.7. The summed E-state index contributed by atoms with van der Waals surface area (Å²) >= 11 is 0. The number of hydrogen-bond donors (Lipinski definition) is 3. The van der Waals surface area contributed by atoms with Gasteiger partial charge in [-0.1, -0.05) is 96.3 Å². The average molecular weight is 567 g/mol. The maximum atomic E-state index is 12.1. The van der Waals surface area contributed by atoms with Crippen molar-refractivity contribution in [3.8, 4) is 0 Å². The topological polar surface area (TPSA) is 140 Å². The molecule has 1 aromatic rings. The van der Waals surface area contributed by atoms with Gasteiger partial charge in [0.1, 0.15) is 6.61 Å². The quantitative estimate of drug-likeness (QED) is 0.118. The number of aromatic amines is 1. The maximum Gasteiger partial charge on any atom is 0.331 e. The molecule has 0 aromatic carbocycles. The normalized spacial score (nSPS) is 16.9. The van der Waals surface area contributed by atoms with Crippen molar-refractivity contribution < 1.29 is 29.2 Å². The van der Waals surface area contributed by atoms with Crippen LogP contribution in [0.2, 0.25) is 0 Å². The Morgan fingerprint density at radius 3 is 1.85 bits per heavy atom. The Hall–Kier alpha value is -2.59. The molecule has 0 amide bonds. The van der Waals surface area contributed by atoms with Crippen LogP contribution in [0.4, 0.5) is 0 Å². The minimum absolute atomic E-state index is 0.0337. The van der Waals surface area contributed by atoms with Crippen molar-refractivity contribution in [2.75, 3.05) is 20.3 Å². The molecule has 1 aromatic heterocycles. The maximum absolute atomic E-state index is 12.1. The second-order valence-corrected chi connectivity index (χ2v) is 10.6. The molecule has 10 heteroatoms. The number of aliphatic hydroxyl groups excluding tert-OH is 2. The lowest BCUT2D eigenvalue weighted by atomic mass is 10.0. The third-order valence-corrected chi connectivity index (χ3v) is 7.40. The number of nitrogens with zero attached hydrogens (tertiary/aromatic N) is 1. The molecule has 0 saturated carbocycles. The lowest BCUT2D eigenvalue weighted by molar-refractivity contribution is -0.140. The monoisotopic (exact) mass is 566 g/mol. The van der Waals surface area contributed by atoms with Crippen LogP contribution in [0.3, 0.4) is 0 Å². The first-order valence-electron chi connectivity index (χ1n) is 15.2. The molecule has 0 bridgehead atoms. The van der Waals surface area contributed by atoms with Crippen LogP contribution >= 0.6 is 0 Å². The Morgan fingerprint density at radius 1 is 0.875 bits per heavy atom. The van der Waals surface area contributed by atoms with Crippen molar-refractivity contribution in [2.24, 2.45) is 0 Å². The highest BCUT2D eigenvalue weighted by molar-refractivity contribution is 5.68. The Kier molecular flexibility index (Phi) is 17.1. The highest BCUT2D eigenvalue weighted by Crippen LogP contribution is 2.32. The number of carbonyl (C=O) groups is 1. The molecular formula is C30H50N2O8. The fraction of sp³-hybridized carbons (Fsp3) is 0.767. The van der Waals surface area contributed by atoms with Gasteiger partial charge in [0.2, 0.25) is 6.23 Å². The molecule has 3 N–H and O–H groups in total. The molecule has 228 valence electrons. The van der Waals surface area contributed by atoms with E-state index in [1.807, 2.05) is 0 Å². The summed E-state index contributed by atoms with van der Waals surface area (Å²) in [5.41, 5.74) is -1.20. The predicted molar refractivity (Wildman–Crippen MR) is 153 cm³/mol. The van der Waals surface area contributed by atoms with Crippen molar-refractivity contribution in [2.45, 2.75) is 128 Å². The number of esters is 1. The van der Waals surface area contributed by atoms with Gasteiger partial charge < -0.3 is 24.4 Å². The molecule has 0 spiro atoms. The van der Waals surface area contributed by atoms with E-state index in [1.54, 1.807) is 0 Å².